The topological polar surface area (TPSA) is 79.5 Å². The smallest absolute Gasteiger partial charge is 0.251 e. The minimum absolute atomic E-state index is 0.167. The first-order valence-corrected chi connectivity index (χ1v) is 11.7. The van der Waals surface area contributed by atoms with E-state index in [-0.39, 0.29) is 17.2 Å². The van der Waals surface area contributed by atoms with Crippen LogP contribution in [0.4, 0.5) is 5.69 Å². The maximum Gasteiger partial charge on any atom is 0.251 e. The van der Waals surface area contributed by atoms with Crippen LogP contribution in [0.15, 0.2) is 78.9 Å². The predicted octanol–water partition coefficient (Wildman–Crippen LogP) is 4.69. The highest BCUT2D eigenvalue weighted by Crippen LogP contribution is 2.32. The lowest BCUT2D eigenvalue weighted by Crippen LogP contribution is -2.43. The Morgan fingerprint density at radius 3 is 2.51 bits per heavy atom. The molecule has 1 aliphatic heterocycles. The molecule has 35 heavy (non-hydrogen) atoms. The molecule has 6 nitrogen and oxygen atoms in total. The van der Waals surface area contributed by atoms with Crippen molar-refractivity contribution in [3.05, 3.63) is 101 Å². The first-order chi connectivity index (χ1) is 16.8. The zero-order valence-corrected chi connectivity index (χ0v) is 20.4. The van der Waals surface area contributed by atoms with Crippen molar-refractivity contribution >= 4 is 23.1 Å². The van der Waals surface area contributed by atoms with Crippen molar-refractivity contribution in [2.75, 3.05) is 25.5 Å². The normalized spacial score (nSPS) is 15.0. The summed E-state index contributed by atoms with van der Waals surface area (Å²) >= 11 is 0. The van der Waals surface area contributed by atoms with E-state index in [1.54, 1.807) is 37.5 Å². The summed E-state index contributed by atoms with van der Waals surface area (Å²) in [5.41, 5.74) is 4.59. The molecule has 0 fully saturated rings. The molecule has 4 rings (SSSR count). The molecule has 1 aliphatic rings. The molecule has 0 radical (unpaired) electrons. The van der Waals surface area contributed by atoms with Gasteiger partial charge in [-0.1, -0.05) is 36.4 Å². The van der Waals surface area contributed by atoms with E-state index in [0.717, 1.165) is 34.7 Å². The van der Waals surface area contributed by atoms with Gasteiger partial charge in [0.1, 0.15) is 5.75 Å². The molecular weight excluding hydrogens is 438 g/mol. The van der Waals surface area contributed by atoms with E-state index >= 15 is 0 Å². The number of amides is 1. The first kappa shape index (κ1) is 24.1. The number of fused-ring (bicyclic) bond motifs is 1. The summed E-state index contributed by atoms with van der Waals surface area (Å²) in [5, 5.41) is 9.64. The van der Waals surface area contributed by atoms with Gasteiger partial charge in [-0.15, -0.1) is 0 Å². The number of rotatable bonds is 8. The highest BCUT2D eigenvalue weighted by Gasteiger charge is 2.28. The summed E-state index contributed by atoms with van der Waals surface area (Å²) in [7, 11) is 1.63. The molecule has 0 unspecified atom stereocenters. The van der Waals surface area contributed by atoms with Crippen molar-refractivity contribution in [2.24, 2.45) is 0 Å². The Bertz CT molecular complexity index is 1250. The number of carbonyl (C=O) groups excluding carboxylic acids is 2. The quantitative estimate of drug-likeness (QED) is 0.254. The van der Waals surface area contributed by atoms with Crippen LogP contribution in [-0.2, 0) is 6.42 Å². The minimum Gasteiger partial charge on any atom is -0.497 e. The van der Waals surface area contributed by atoms with Crippen molar-refractivity contribution in [3.8, 4) is 5.75 Å². The van der Waals surface area contributed by atoms with E-state index in [1.807, 2.05) is 48.5 Å². The zero-order valence-electron chi connectivity index (χ0n) is 20.4. The predicted molar refractivity (Wildman–Crippen MR) is 140 cm³/mol. The molecule has 3 aromatic rings. The number of allylic oxidation sites excluding steroid dienone is 1. The van der Waals surface area contributed by atoms with Crippen LogP contribution in [0.25, 0.3) is 5.70 Å². The van der Waals surface area contributed by atoms with Gasteiger partial charge in [-0.05, 0) is 62.2 Å². The Balaban J connectivity index is 1.46. The van der Waals surface area contributed by atoms with E-state index < -0.39 is 0 Å². The molecule has 3 N–H and O–H groups in total. The molecule has 0 aromatic heterocycles. The first-order valence-electron chi connectivity index (χ1n) is 11.7. The minimum atomic E-state index is -0.214. The lowest BCUT2D eigenvalue weighted by Gasteiger charge is -2.35. The third kappa shape index (κ3) is 6.09. The molecule has 180 valence electrons. The van der Waals surface area contributed by atoms with Crippen molar-refractivity contribution in [2.45, 2.75) is 25.8 Å². The number of hydrogen-bond donors (Lipinski definition) is 3. The van der Waals surface area contributed by atoms with Crippen LogP contribution in [0.5, 0.6) is 5.75 Å². The number of methoxy groups -OCH3 is 1. The van der Waals surface area contributed by atoms with Crippen molar-refractivity contribution < 1.29 is 14.3 Å². The fourth-order valence-corrected chi connectivity index (χ4v) is 4.22. The number of hydrogen-bond acceptors (Lipinski definition) is 5. The summed E-state index contributed by atoms with van der Waals surface area (Å²) < 4.78 is 5.39. The Hall–Kier alpha value is -4.06. The second-order valence-electron chi connectivity index (χ2n) is 9.26. The van der Waals surface area contributed by atoms with Crippen molar-refractivity contribution in [3.63, 3.8) is 0 Å². The number of ketones is 1. The van der Waals surface area contributed by atoms with Crippen molar-refractivity contribution in [1.29, 1.82) is 0 Å². The number of anilines is 1. The van der Waals surface area contributed by atoms with Gasteiger partial charge in [-0.25, -0.2) is 0 Å². The molecule has 0 saturated carbocycles. The van der Waals surface area contributed by atoms with E-state index in [1.165, 1.54) is 0 Å². The fourth-order valence-electron chi connectivity index (χ4n) is 4.22. The summed E-state index contributed by atoms with van der Waals surface area (Å²) in [4.78, 5) is 25.8. The summed E-state index contributed by atoms with van der Waals surface area (Å²) in [6.45, 7) is 5.28. The van der Waals surface area contributed by atoms with Gasteiger partial charge < -0.3 is 20.7 Å². The molecule has 0 bridgehead atoms. The second kappa shape index (κ2) is 10.5. The van der Waals surface area contributed by atoms with Gasteiger partial charge in [-0.3, -0.25) is 9.59 Å². The molecule has 1 heterocycles. The van der Waals surface area contributed by atoms with Crippen LogP contribution in [-0.4, -0.2) is 37.4 Å². The Morgan fingerprint density at radius 1 is 0.971 bits per heavy atom. The lowest BCUT2D eigenvalue weighted by molar-refractivity contribution is 0.0955. The Morgan fingerprint density at radius 2 is 1.74 bits per heavy atom. The van der Waals surface area contributed by atoms with E-state index in [2.05, 4.69) is 29.8 Å². The Labute approximate surface area is 206 Å². The van der Waals surface area contributed by atoms with Crippen LogP contribution in [0.2, 0.25) is 0 Å². The van der Waals surface area contributed by atoms with Crippen LogP contribution in [0, 0.1) is 0 Å². The molecule has 0 aliphatic carbocycles. The fraction of sp³-hybridized carbons (Fsp3) is 0.241. The standard InChI is InChI=1S/C29H31N3O3/c1-29(2)19-22-12-13-24(35-3)17-25(22)26(32-29)18-27(33)20-8-7-9-21(16-20)28(34)31-15-14-30-23-10-5-4-6-11-23/h4-13,16-18,30,32H,14-15,19H2,1-3H3,(H,31,34)/b26-18-. The van der Waals surface area contributed by atoms with Gasteiger partial charge >= 0.3 is 0 Å². The SMILES string of the molecule is COc1ccc2c(c1)/C(=C/C(=O)c1cccc(C(=O)NCCNc3ccccc3)c1)NC(C)(C)C2. The molecule has 6 heteroatoms. The van der Waals surface area contributed by atoms with Crippen molar-refractivity contribution in [1.82, 2.24) is 10.6 Å². The molecule has 3 aromatic carbocycles. The second-order valence-corrected chi connectivity index (χ2v) is 9.26. The highest BCUT2D eigenvalue weighted by molar-refractivity contribution is 6.10. The summed E-state index contributed by atoms with van der Waals surface area (Å²) in [5.74, 6) is 0.359. The van der Waals surface area contributed by atoms with Crippen LogP contribution in [0.1, 0.15) is 45.7 Å². The van der Waals surface area contributed by atoms with E-state index in [0.29, 0.717) is 24.2 Å². The number of benzene rings is 3. The molecular formula is C29H31N3O3. The van der Waals surface area contributed by atoms with E-state index in [9.17, 15) is 9.59 Å². The number of nitrogens with one attached hydrogen (secondary N) is 3. The molecule has 0 spiro atoms. The van der Waals surface area contributed by atoms with Crippen LogP contribution in [0.3, 0.4) is 0 Å². The lowest BCUT2D eigenvalue weighted by atomic mass is 9.85. The van der Waals surface area contributed by atoms with Gasteiger partial charge in [0.05, 0.1) is 7.11 Å². The number of para-hydroxylation sites is 1. The van der Waals surface area contributed by atoms with Gasteiger partial charge in [0, 0.05) is 52.8 Å². The summed E-state index contributed by atoms with van der Waals surface area (Å²) in [6.07, 6.45) is 2.45. The zero-order chi connectivity index (χ0) is 24.8. The summed E-state index contributed by atoms with van der Waals surface area (Å²) in [6, 6.07) is 22.6. The van der Waals surface area contributed by atoms with Gasteiger partial charge in [0.25, 0.3) is 5.91 Å². The van der Waals surface area contributed by atoms with Gasteiger partial charge in [0.15, 0.2) is 5.78 Å². The third-order valence-corrected chi connectivity index (χ3v) is 5.91. The number of carbonyl (C=O) groups is 2. The van der Waals surface area contributed by atoms with Crippen LogP contribution < -0.4 is 20.7 Å². The van der Waals surface area contributed by atoms with Gasteiger partial charge in [0.2, 0.25) is 0 Å². The highest BCUT2D eigenvalue weighted by atomic mass is 16.5. The molecule has 1 amide bonds. The monoisotopic (exact) mass is 469 g/mol. The largest absolute Gasteiger partial charge is 0.497 e. The van der Waals surface area contributed by atoms with Gasteiger partial charge in [-0.2, -0.15) is 0 Å². The average molecular weight is 470 g/mol. The number of ether oxygens (including phenoxy) is 1. The average Bonchev–Trinajstić information content (AvgIpc) is 2.86. The molecule has 0 saturated heterocycles. The maximum absolute atomic E-state index is 13.2. The molecule has 0 atom stereocenters. The third-order valence-electron chi connectivity index (χ3n) is 5.91. The maximum atomic E-state index is 13.2. The van der Waals surface area contributed by atoms with Crippen LogP contribution >= 0.6 is 0 Å². The Kier molecular flexibility index (Phi) is 7.20. The van der Waals surface area contributed by atoms with E-state index in [4.69, 9.17) is 4.74 Å².